The Kier molecular flexibility index (Phi) is 4.93. The van der Waals surface area contributed by atoms with Crippen molar-refractivity contribution in [3.8, 4) is 0 Å². The Labute approximate surface area is 144 Å². The summed E-state index contributed by atoms with van der Waals surface area (Å²) in [5.74, 6) is -0.0670. The Morgan fingerprint density at radius 1 is 0.958 bits per heavy atom. The maximum absolute atomic E-state index is 12.6. The number of rotatable bonds is 3. The fraction of sp³-hybridized carbons (Fsp3) is 0.600. The minimum absolute atomic E-state index is 0.00164. The number of hydrogen-bond acceptors (Lipinski definition) is 2. The maximum atomic E-state index is 12.6. The van der Waals surface area contributed by atoms with E-state index in [-0.39, 0.29) is 23.7 Å². The first kappa shape index (κ1) is 17.0. The zero-order chi connectivity index (χ0) is 17.3. The third-order valence-corrected chi connectivity index (χ3v) is 5.29. The Morgan fingerprint density at radius 2 is 1.54 bits per heavy atom. The Balaban J connectivity index is 1.61. The second-order valence-corrected chi connectivity index (χ2v) is 7.45. The van der Waals surface area contributed by atoms with Crippen molar-refractivity contribution in [2.75, 3.05) is 18.4 Å². The van der Waals surface area contributed by atoms with Crippen LogP contribution in [0.2, 0.25) is 0 Å². The van der Waals surface area contributed by atoms with Crippen LogP contribution in [0, 0.1) is 32.6 Å². The molecule has 1 N–H and O–H groups in total. The van der Waals surface area contributed by atoms with Crippen molar-refractivity contribution in [1.82, 2.24) is 4.90 Å². The van der Waals surface area contributed by atoms with Crippen LogP contribution in [0.3, 0.4) is 0 Å². The molecule has 2 unspecified atom stereocenters. The van der Waals surface area contributed by atoms with Crippen LogP contribution in [-0.2, 0) is 9.59 Å². The highest BCUT2D eigenvalue weighted by Crippen LogP contribution is 2.41. The van der Waals surface area contributed by atoms with Crippen LogP contribution < -0.4 is 5.32 Å². The molecule has 4 heteroatoms. The molecule has 1 aromatic carbocycles. The zero-order valence-corrected chi connectivity index (χ0v) is 15.0. The van der Waals surface area contributed by atoms with E-state index in [4.69, 9.17) is 0 Å². The Morgan fingerprint density at radius 3 is 2.12 bits per heavy atom. The summed E-state index contributed by atoms with van der Waals surface area (Å²) in [4.78, 5) is 27.1. The molecule has 2 amide bonds. The van der Waals surface area contributed by atoms with Crippen LogP contribution in [0.15, 0.2) is 12.1 Å². The van der Waals surface area contributed by atoms with Gasteiger partial charge in [0.25, 0.3) is 0 Å². The lowest BCUT2D eigenvalue weighted by Crippen LogP contribution is -2.34. The van der Waals surface area contributed by atoms with Crippen molar-refractivity contribution >= 4 is 17.5 Å². The number of nitrogens with zero attached hydrogens (tertiary/aromatic N) is 1. The van der Waals surface area contributed by atoms with Gasteiger partial charge in [-0.05, 0) is 51.2 Å². The molecule has 130 valence electrons. The number of aryl methyl sites for hydroxylation is 3. The molecule has 24 heavy (non-hydrogen) atoms. The predicted octanol–water partition coefficient (Wildman–Crippen LogP) is 3.59. The number of benzene rings is 1. The van der Waals surface area contributed by atoms with E-state index in [0.29, 0.717) is 6.42 Å². The van der Waals surface area contributed by atoms with Crippen molar-refractivity contribution in [3.05, 3.63) is 28.8 Å². The zero-order valence-electron chi connectivity index (χ0n) is 15.0. The molecule has 1 saturated heterocycles. The fourth-order valence-corrected chi connectivity index (χ4v) is 3.88. The molecule has 2 fully saturated rings. The van der Waals surface area contributed by atoms with E-state index in [1.54, 1.807) is 0 Å². The van der Waals surface area contributed by atoms with Gasteiger partial charge in [0.05, 0.1) is 11.8 Å². The molecule has 0 bridgehead atoms. The summed E-state index contributed by atoms with van der Waals surface area (Å²) < 4.78 is 0. The van der Waals surface area contributed by atoms with E-state index in [1.807, 2.05) is 18.7 Å². The van der Waals surface area contributed by atoms with Gasteiger partial charge in [0, 0.05) is 18.8 Å². The summed E-state index contributed by atoms with van der Waals surface area (Å²) in [6.45, 7) is 7.81. The molecule has 0 spiro atoms. The molecule has 1 heterocycles. The van der Waals surface area contributed by atoms with E-state index in [9.17, 15) is 9.59 Å². The van der Waals surface area contributed by atoms with Crippen molar-refractivity contribution in [3.63, 3.8) is 0 Å². The van der Waals surface area contributed by atoms with E-state index in [0.717, 1.165) is 42.7 Å². The lowest BCUT2D eigenvalue weighted by atomic mass is 10.0. The highest BCUT2D eigenvalue weighted by atomic mass is 16.2. The number of amides is 2. The summed E-state index contributed by atoms with van der Waals surface area (Å²) in [5, 5.41) is 3.06. The van der Waals surface area contributed by atoms with Gasteiger partial charge >= 0.3 is 0 Å². The number of likely N-dealkylation sites (tertiary alicyclic amines) is 1. The standard InChI is InChI=1S/C20H28N2O2/c1-13-10-14(2)18(15(3)11-13)21-19(23)16-12-17(16)20(24)22-8-6-4-5-7-9-22/h10-11,16-17H,4-9,12H2,1-3H3,(H,21,23). The molecule has 2 aliphatic rings. The molecule has 4 nitrogen and oxygen atoms in total. The highest BCUT2D eigenvalue weighted by molar-refractivity contribution is 6.00. The molecule has 1 saturated carbocycles. The quantitative estimate of drug-likeness (QED) is 0.922. The van der Waals surface area contributed by atoms with Gasteiger partial charge in [-0.15, -0.1) is 0 Å². The summed E-state index contributed by atoms with van der Waals surface area (Å²) in [7, 11) is 0. The average Bonchev–Trinajstić information content (AvgIpc) is 3.33. The van der Waals surface area contributed by atoms with E-state index >= 15 is 0 Å². The summed E-state index contributed by atoms with van der Waals surface area (Å²) >= 11 is 0. The summed E-state index contributed by atoms with van der Waals surface area (Å²) in [5.41, 5.74) is 4.26. The number of hydrogen-bond donors (Lipinski definition) is 1. The Hall–Kier alpha value is -1.84. The van der Waals surface area contributed by atoms with Crippen molar-refractivity contribution in [2.24, 2.45) is 11.8 Å². The average molecular weight is 328 g/mol. The number of carbonyl (C=O) groups excluding carboxylic acids is 2. The first-order valence-electron chi connectivity index (χ1n) is 9.15. The fourth-order valence-electron chi connectivity index (χ4n) is 3.88. The van der Waals surface area contributed by atoms with Crippen LogP contribution in [0.4, 0.5) is 5.69 Å². The molecule has 2 atom stereocenters. The topological polar surface area (TPSA) is 49.4 Å². The van der Waals surface area contributed by atoms with Crippen LogP contribution in [-0.4, -0.2) is 29.8 Å². The third kappa shape index (κ3) is 3.63. The van der Waals surface area contributed by atoms with E-state index in [1.165, 1.54) is 18.4 Å². The SMILES string of the molecule is Cc1cc(C)c(NC(=O)C2CC2C(=O)N2CCCCCC2)c(C)c1. The first-order valence-corrected chi connectivity index (χ1v) is 9.15. The van der Waals surface area contributed by atoms with Gasteiger partial charge in [-0.25, -0.2) is 0 Å². The van der Waals surface area contributed by atoms with Crippen molar-refractivity contribution < 1.29 is 9.59 Å². The molecule has 0 aromatic heterocycles. The molecule has 0 radical (unpaired) electrons. The molecule has 1 aromatic rings. The van der Waals surface area contributed by atoms with E-state index in [2.05, 4.69) is 24.4 Å². The molecule has 1 aliphatic carbocycles. The third-order valence-electron chi connectivity index (χ3n) is 5.29. The lowest BCUT2D eigenvalue weighted by Gasteiger charge is -2.20. The summed E-state index contributed by atoms with van der Waals surface area (Å²) in [6.07, 6.45) is 5.31. The molecule has 1 aliphatic heterocycles. The van der Waals surface area contributed by atoms with Crippen LogP contribution in [0.5, 0.6) is 0 Å². The minimum atomic E-state index is -0.152. The van der Waals surface area contributed by atoms with Crippen LogP contribution >= 0.6 is 0 Å². The monoisotopic (exact) mass is 328 g/mol. The van der Waals surface area contributed by atoms with Crippen LogP contribution in [0.1, 0.15) is 48.8 Å². The second kappa shape index (κ2) is 6.96. The second-order valence-electron chi connectivity index (χ2n) is 7.45. The number of nitrogens with one attached hydrogen (secondary N) is 1. The maximum Gasteiger partial charge on any atom is 0.228 e. The number of carbonyl (C=O) groups is 2. The summed E-state index contributed by atoms with van der Waals surface area (Å²) in [6, 6.07) is 4.16. The highest BCUT2D eigenvalue weighted by Gasteiger charge is 2.49. The normalized spacial score (nSPS) is 23.5. The van der Waals surface area contributed by atoms with Gasteiger partial charge in [-0.1, -0.05) is 30.5 Å². The van der Waals surface area contributed by atoms with Gasteiger partial charge < -0.3 is 10.2 Å². The number of anilines is 1. The minimum Gasteiger partial charge on any atom is -0.342 e. The smallest absolute Gasteiger partial charge is 0.228 e. The van der Waals surface area contributed by atoms with Gasteiger partial charge in [0.1, 0.15) is 0 Å². The van der Waals surface area contributed by atoms with Gasteiger partial charge in [0.2, 0.25) is 11.8 Å². The molecular formula is C20H28N2O2. The molecular weight excluding hydrogens is 300 g/mol. The van der Waals surface area contributed by atoms with Gasteiger partial charge in [-0.2, -0.15) is 0 Å². The van der Waals surface area contributed by atoms with Crippen molar-refractivity contribution in [1.29, 1.82) is 0 Å². The largest absolute Gasteiger partial charge is 0.342 e. The van der Waals surface area contributed by atoms with Crippen LogP contribution in [0.25, 0.3) is 0 Å². The van der Waals surface area contributed by atoms with Crippen molar-refractivity contribution in [2.45, 2.75) is 52.9 Å². The molecule has 3 rings (SSSR count). The van der Waals surface area contributed by atoms with E-state index < -0.39 is 0 Å². The predicted molar refractivity (Wildman–Crippen MR) is 95.9 cm³/mol. The van der Waals surface area contributed by atoms with Gasteiger partial charge in [-0.3, -0.25) is 9.59 Å². The van der Waals surface area contributed by atoms with Gasteiger partial charge in [0.15, 0.2) is 0 Å². The first-order chi connectivity index (χ1) is 11.5. The Bertz CT molecular complexity index is 622. The lowest BCUT2D eigenvalue weighted by molar-refractivity contribution is -0.134.